The lowest BCUT2D eigenvalue weighted by Gasteiger charge is -2.24. The predicted octanol–water partition coefficient (Wildman–Crippen LogP) is 6.30. The van der Waals surface area contributed by atoms with Crippen molar-refractivity contribution in [3.63, 3.8) is 0 Å². The summed E-state index contributed by atoms with van der Waals surface area (Å²) < 4.78 is 66.7. The first kappa shape index (κ1) is 16.4. The van der Waals surface area contributed by atoms with Gasteiger partial charge in [0.2, 0.25) is 0 Å². The van der Waals surface area contributed by atoms with Crippen molar-refractivity contribution in [1.29, 1.82) is 0 Å². The highest BCUT2D eigenvalue weighted by Gasteiger charge is 2.28. The first-order valence-corrected chi connectivity index (χ1v) is 11.3. The predicted molar refractivity (Wildman–Crippen MR) is 132 cm³/mol. The van der Waals surface area contributed by atoms with Crippen molar-refractivity contribution in [2.45, 2.75) is 39.4 Å². The van der Waals surface area contributed by atoms with E-state index in [9.17, 15) is 10.6 Å². The number of ether oxygens (including phenoxy) is 1. The van der Waals surface area contributed by atoms with Crippen LogP contribution in [0.1, 0.15) is 56.8 Å². The number of carbonyl (C=O) groups excluding carboxylic acids is 1. The Kier molecular flexibility index (Phi) is 4.07. The first-order valence-electron chi connectivity index (χ1n) is 12.7. The maximum Gasteiger partial charge on any atom is 0.252 e. The molecule has 0 atom stereocenters. The van der Waals surface area contributed by atoms with Gasteiger partial charge in [-0.3, -0.25) is 4.79 Å². The van der Waals surface area contributed by atoms with Crippen molar-refractivity contribution in [2.24, 2.45) is 5.41 Å². The monoisotopic (exact) mass is 550 g/mol. The van der Waals surface area contributed by atoms with Crippen LogP contribution in [0.2, 0.25) is 0 Å². The molecule has 7 heteroatoms. The van der Waals surface area contributed by atoms with Gasteiger partial charge in [-0.25, -0.2) is 4.39 Å². The van der Waals surface area contributed by atoms with Gasteiger partial charge in [-0.2, -0.15) is 9.78 Å². The summed E-state index contributed by atoms with van der Waals surface area (Å²) in [5.41, 5.74) is 0.969. The van der Waals surface area contributed by atoms with E-state index in [1.807, 2.05) is 22.6 Å². The van der Waals surface area contributed by atoms with Crippen molar-refractivity contribution < 1.29 is 20.8 Å². The Balaban J connectivity index is 1.91. The molecule has 0 aliphatic carbocycles. The molecule has 5 rings (SSSR count). The quantitative estimate of drug-likeness (QED) is 0.275. The lowest BCUT2D eigenvalue weighted by Crippen LogP contribution is -2.27. The normalized spacial score (nSPS) is 22.1. The largest absolute Gasteiger partial charge is 0.381 e. The molecule has 2 aromatic heterocycles. The maximum atomic E-state index is 13.9. The number of halogens is 2. The molecule has 1 aliphatic rings. The highest BCUT2D eigenvalue weighted by atomic mass is 127. The fourth-order valence-corrected chi connectivity index (χ4v) is 4.80. The average molecular weight is 550 g/mol. The SMILES string of the molecule is [2H]C1([2H])COCC([2H])([2H])C1([2H])c1c(I)c2cc3c(cnn3C(=O)C(C)(C)C)cc2n1-c1ccc(F)cc1. The molecule has 1 fully saturated rings. The zero-order valence-electron chi connectivity index (χ0n) is 22.9. The molecule has 0 N–H and O–H groups in total. The van der Waals surface area contributed by atoms with Crippen LogP contribution in [0.25, 0.3) is 27.5 Å². The summed E-state index contributed by atoms with van der Waals surface area (Å²) in [5, 5.41) is 5.55. The van der Waals surface area contributed by atoms with E-state index >= 15 is 0 Å². The van der Waals surface area contributed by atoms with Gasteiger partial charge in [0.05, 0.1) is 17.2 Å². The third-order valence-electron chi connectivity index (χ3n) is 5.45. The van der Waals surface area contributed by atoms with Crippen LogP contribution in [0.5, 0.6) is 0 Å². The number of aromatic nitrogens is 3. The molecule has 0 unspecified atom stereocenters. The third kappa shape index (κ3) is 3.55. The molecule has 2 aromatic carbocycles. The van der Waals surface area contributed by atoms with Crippen LogP contribution in [-0.4, -0.2) is 33.5 Å². The van der Waals surface area contributed by atoms with Crippen LogP contribution >= 0.6 is 22.6 Å². The van der Waals surface area contributed by atoms with Gasteiger partial charge in [-0.15, -0.1) is 0 Å². The lowest BCUT2D eigenvalue weighted by atomic mass is 9.95. The molecule has 0 radical (unpaired) electrons. The smallest absolute Gasteiger partial charge is 0.252 e. The number of hydrogen-bond donors (Lipinski definition) is 0. The Morgan fingerprint density at radius 2 is 1.91 bits per heavy atom. The van der Waals surface area contributed by atoms with Gasteiger partial charge in [0.15, 0.2) is 0 Å². The fourth-order valence-electron chi connectivity index (χ4n) is 3.86. The van der Waals surface area contributed by atoms with E-state index < -0.39 is 43.1 Å². The minimum absolute atomic E-state index is 0.0994. The van der Waals surface area contributed by atoms with Gasteiger partial charge in [-0.1, -0.05) is 20.8 Å². The van der Waals surface area contributed by atoms with Gasteiger partial charge >= 0.3 is 0 Å². The highest BCUT2D eigenvalue weighted by Crippen LogP contribution is 2.40. The summed E-state index contributed by atoms with van der Waals surface area (Å²) in [6.07, 6.45) is -3.21. The second-order valence-corrected chi connectivity index (χ2v) is 9.81. The maximum absolute atomic E-state index is 13.9. The lowest BCUT2D eigenvalue weighted by molar-refractivity contribution is 0.0755. The molecule has 4 aromatic rings. The van der Waals surface area contributed by atoms with E-state index in [1.54, 1.807) is 43.7 Å². The van der Waals surface area contributed by atoms with E-state index in [0.29, 0.717) is 31.1 Å². The summed E-state index contributed by atoms with van der Waals surface area (Å²) in [6, 6.07) is 9.10. The number of benzene rings is 2. The summed E-state index contributed by atoms with van der Waals surface area (Å²) in [7, 11) is 0. The molecule has 1 saturated heterocycles. The number of fused-ring (bicyclic) bond motifs is 2. The second-order valence-electron chi connectivity index (χ2n) is 8.74. The van der Waals surface area contributed by atoms with Crippen LogP contribution in [0.3, 0.4) is 0 Å². The molecule has 0 saturated carbocycles. The molecule has 0 bridgehead atoms. The Hall–Kier alpha value is -2.26. The number of carbonyl (C=O) groups is 1. The Morgan fingerprint density at radius 1 is 1.22 bits per heavy atom. The minimum atomic E-state index is -2.39. The van der Waals surface area contributed by atoms with Gasteiger partial charge in [0.1, 0.15) is 5.82 Å². The van der Waals surface area contributed by atoms with Crippen molar-refractivity contribution in [3.05, 3.63) is 57.7 Å². The summed E-state index contributed by atoms with van der Waals surface area (Å²) in [6.45, 7) is 4.50. The van der Waals surface area contributed by atoms with Crippen LogP contribution < -0.4 is 0 Å². The van der Waals surface area contributed by atoms with E-state index in [-0.39, 0.29) is 11.6 Å². The average Bonchev–Trinajstić information content (AvgIpc) is 3.34. The zero-order chi connectivity index (χ0) is 27.1. The van der Waals surface area contributed by atoms with Crippen LogP contribution in [0.15, 0.2) is 42.6 Å². The molecule has 0 amide bonds. The van der Waals surface area contributed by atoms with Crippen molar-refractivity contribution in [3.8, 4) is 5.69 Å². The molecule has 32 heavy (non-hydrogen) atoms. The van der Waals surface area contributed by atoms with E-state index in [2.05, 4.69) is 5.10 Å². The molecule has 5 nitrogen and oxygen atoms in total. The van der Waals surface area contributed by atoms with E-state index in [4.69, 9.17) is 10.2 Å². The van der Waals surface area contributed by atoms with E-state index in [0.717, 1.165) is 0 Å². The van der Waals surface area contributed by atoms with Crippen molar-refractivity contribution >= 4 is 50.3 Å². The molecular formula is C25H25FIN3O2. The number of rotatable bonds is 2. The summed E-state index contributed by atoms with van der Waals surface area (Å²) >= 11 is 2.01. The second kappa shape index (κ2) is 7.95. The van der Waals surface area contributed by atoms with Crippen LogP contribution in [0.4, 0.5) is 4.39 Å². The topological polar surface area (TPSA) is 49.1 Å². The minimum Gasteiger partial charge on any atom is -0.381 e. The molecular weight excluding hydrogens is 520 g/mol. The molecule has 1 aliphatic heterocycles. The standard InChI is InChI=1S/C25H25FIN3O2/c1-25(2,3)24(31)30-20-13-19-21(12-16(20)14-28-30)29(18-6-4-17(26)5-7-18)23(22(19)27)15-8-10-32-11-9-15/h4-7,12-15H,8-11H2,1-3H3/i8D2,9D2,15D. The molecule has 0 spiro atoms. The van der Waals surface area contributed by atoms with Gasteiger partial charge in [-0.05, 0) is 71.7 Å². The Bertz CT molecular complexity index is 1540. The van der Waals surface area contributed by atoms with Crippen LogP contribution in [-0.2, 0) is 4.74 Å². The first-order chi connectivity index (χ1) is 17.1. The fraction of sp³-hybridized carbons (Fsp3) is 0.360. The Morgan fingerprint density at radius 3 is 2.56 bits per heavy atom. The zero-order valence-corrected chi connectivity index (χ0v) is 20.0. The van der Waals surface area contributed by atoms with Gasteiger partial charge in [0, 0.05) is 57.1 Å². The van der Waals surface area contributed by atoms with E-state index in [1.165, 1.54) is 28.9 Å². The molecule has 3 heterocycles. The van der Waals surface area contributed by atoms with Crippen LogP contribution in [0, 0.1) is 14.8 Å². The Labute approximate surface area is 206 Å². The van der Waals surface area contributed by atoms with Gasteiger partial charge in [0.25, 0.3) is 5.91 Å². The summed E-state index contributed by atoms with van der Waals surface area (Å²) in [4.78, 5) is 13.1. The van der Waals surface area contributed by atoms with Crippen molar-refractivity contribution in [1.82, 2.24) is 14.3 Å². The van der Waals surface area contributed by atoms with Crippen molar-refractivity contribution in [2.75, 3.05) is 13.2 Å². The highest BCUT2D eigenvalue weighted by molar-refractivity contribution is 14.1. The number of hydrogen-bond acceptors (Lipinski definition) is 3. The molecule has 166 valence electrons. The van der Waals surface area contributed by atoms with Gasteiger partial charge < -0.3 is 9.30 Å². The number of nitrogens with zero attached hydrogens (tertiary/aromatic N) is 3. The third-order valence-corrected chi connectivity index (χ3v) is 6.54. The summed E-state index contributed by atoms with van der Waals surface area (Å²) in [5.74, 6) is -3.04.